The molecular weight excluding hydrogens is 497 g/mol. The molecule has 0 atom stereocenters. The Morgan fingerprint density at radius 1 is 0.806 bits per heavy atom. The van der Waals surface area contributed by atoms with Crippen LogP contribution in [-0.2, 0) is 6.61 Å². The Labute approximate surface area is 218 Å². The van der Waals surface area contributed by atoms with Crippen LogP contribution < -0.4 is 15.5 Å². The first-order chi connectivity index (χ1) is 17.5. The van der Waals surface area contributed by atoms with E-state index in [1.165, 1.54) is 6.21 Å². The van der Waals surface area contributed by atoms with Gasteiger partial charge in [-0.1, -0.05) is 53.5 Å². The molecule has 0 aliphatic heterocycles. The van der Waals surface area contributed by atoms with Gasteiger partial charge in [0.1, 0.15) is 12.4 Å². The van der Waals surface area contributed by atoms with E-state index in [2.05, 4.69) is 15.8 Å². The summed E-state index contributed by atoms with van der Waals surface area (Å²) in [6.07, 6.45) is 1.53. The lowest BCUT2D eigenvalue weighted by Crippen LogP contribution is -2.17. The van der Waals surface area contributed by atoms with Gasteiger partial charge in [0.05, 0.1) is 6.21 Å². The van der Waals surface area contributed by atoms with Crippen molar-refractivity contribution >= 4 is 46.9 Å². The molecular formula is C28H21Cl2N3O3. The maximum atomic E-state index is 12.4. The van der Waals surface area contributed by atoms with Gasteiger partial charge < -0.3 is 10.1 Å². The molecule has 0 saturated carbocycles. The molecule has 0 spiro atoms. The first-order valence-electron chi connectivity index (χ1n) is 10.9. The molecule has 0 heterocycles. The third-order valence-electron chi connectivity index (χ3n) is 5.10. The molecule has 180 valence electrons. The minimum atomic E-state index is -0.382. The van der Waals surface area contributed by atoms with E-state index in [9.17, 15) is 9.59 Å². The van der Waals surface area contributed by atoms with E-state index < -0.39 is 0 Å². The Bertz CT molecular complexity index is 1390. The number of nitrogens with one attached hydrogen (secondary N) is 2. The summed E-state index contributed by atoms with van der Waals surface area (Å²) in [4.78, 5) is 24.7. The highest BCUT2D eigenvalue weighted by molar-refractivity contribution is 6.31. The fraction of sp³-hybridized carbons (Fsp3) is 0.0357. The summed E-state index contributed by atoms with van der Waals surface area (Å²) in [7, 11) is 0. The van der Waals surface area contributed by atoms with Crippen molar-refractivity contribution in [2.24, 2.45) is 5.10 Å². The molecule has 4 rings (SSSR count). The van der Waals surface area contributed by atoms with Crippen LogP contribution in [0.4, 0.5) is 5.69 Å². The van der Waals surface area contributed by atoms with Gasteiger partial charge in [0.25, 0.3) is 11.8 Å². The van der Waals surface area contributed by atoms with Crippen molar-refractivity contribution < 1.29 is 14.3 Å². The van der Waals surface area contributed by atoms with Crippen LogP contribution in [0.1, 0.15) is 31.8 Å². The largest absolute Gasteiger partial charge is 0.489 e. The fourth-order valence-corrected chi connectivity index (χ4v) is 3.52. The molecule has 0 radical (unpaired) electrons. The number of benzene rings is 4. The number of ether oxygens (including phenoxy) is 1. The first-order valence-corrected chi connectivity index (χ1v) is 11.7. The van der Waals surface area contributed by atoms with Crippen molar-refractivity contribution in [2.75, 3.05) is 5.32 Å². The molecule has 4 aromatic rings. The summed E-state index contributed by atoms with van der Waals surface area (Å²) in [5.74, 6) is 0.000860. The Hall–Kier alpha value is -4.13. The molecule has 0 aliphatic rings. The second-order valence-electron chi connectivity index (χ2n) is 7.69. The number of hydrogen-bond donors (Lipinski definition) is 2. The van der Waals surface area contributed by atoms with E-state index in [4.69, 9.17) is 27.9 Å². The van der Waals surface area contributed by atoms with Crippen molar-refractivity contribution in [2.45, 2.75) is 6.61 Å². The summed E-state index contributed by atoms with van der Waals surface area (Å²) in [6.45, 7) is 0.340. The molecule has 4 aromatic carbocycles. The standard InChI is InChI=1S/C28H21Cl2N3O3/c29-23-12-8-20(9-13-23)27(34)32-24-14-10-21(11-15-24)28(35)33-31-17-19-4-3-6-25(16-19)36-18-22-5-1-2-7-26(22)30/h1-17H,18H2,(H,32,34)(H,33,35)/b31-17-. The van der Waals surface area contributed by atoms with Crippen molar-refractivity contribution in [1.82, 2.24) is 5.43 Å². The Kier molecular flexibility index (Phi) is 8.34. The zero-order chi connectivity index (χ0) is 25.3. The zero-order valence-electron chi connectivity index (χ0n) is 18.9. The van der Waals surface area contributed by atoms with Crippen LogP contribution in [-0.4, -0.2) is 18.0 Å². The number of rotatable bonds is 8. The molecule has 0 fully saturated rings. The summed E-state index contributed by atoms with van der Waals surface area (Å²) < 4.78 is 5.81. The van der Waals surface area contributed by atoms with Gasteiger partial charge in [0.15, 0.2) is 0 Å². The smallest absolute Gasteiger partial charge is 0.271 e. The molecule has 8 heteroatoms. The lowest BCUT2D eigenvalue weighted by Gasteiger charge is -2.08. The topological polar surface area (TPSA) is 79.8 Å². The summed E-state index contributed by atoms with van der Waals surface area (Å²) >= 11 is 12.0. The van der Waals surface area contributed by atoms with Crippen LogP contribution >= 0.6 is 23.2 Å². The van der Waals surface area contributed by atoms with E-state index in [1.54, 1.807) is 48.5 Å². The third-order valence-corrected chi connectivity index (χ3v) is 5.72. The quantitative estimate of drug-likeness (QED) is 0.204. The molecule has 0 bridgehead atoms. The van der Waals surface area contributed by atoms with E-state index in [0.29, 0.717) is 39.2 Å². The third kappa shape index (κ3) is 6.95. The molecule has 0 saturated heterocycles. The Morgan fingerprint density at radius 3 is 2.25 bits per heavy atom. The molecule has 6 nitrogen and oxygen atoms in total. The van der Waals surface area contributed by atoms with Gasteiger partial charge in [-0.15, -0.1) is 0 Å². The molecule has 0 aromatic heterocycles. The second-order valence-corrected chi connectivity index (χ2v) is 8.53. The van der Waals surface area contributed by atoms with Gasteiger partial charge in [-0.05, 0) is 72.3 Å². The van der Waals surface area contributed by atoms with Gasteiger partial charge in [0.2, 0.25) is 0 Å². The number of amides is 2. The number of hydrogen-bond acceptors (Lipinski definition) is 4. The van der Waals surface area contributed by atoms with Crippen LogP contribution in [0.15, 0.2) is 102 Å². The minimum absolute atomic E-state index is 0.272. The van der Waals surface area contributed by atoms with Gasteiger partial charge in [-0.3, -0.25) is 9.59 Å². The van der Waals surface area contributed by atoms with Crippen LogP contribution in [0.2, 0.25) is 10.0 Å². The number of halogens is 2. The summed E-state index contributed by atoms with van der Waals surface area (Å²) in [5.41, 5.74) is 5.58. The highest BCUT2D eigenvalue weighted by atomic mass is 35.5. The molecule has 0 unspecified atom stereocenters. The number of nitrogens with zero attached hydrogens (tertiary/aromatic N) is 1. The first kappa shape index (κ1) is 25.0. The number of hydrazone groups is 1. The summed E-state index contributed by atoms with van der Waals surface area (Å²) in [5, 5.41) is 8.00. The molecule has 2 N–H and O–H groups in total. The van der Waals surface area contributed by atoms with Crippen molar-refractivity contribution in [1.29, 1.82) is 0 Å². The van der Waals surface area contributed by atoms with E-state index in [-0.39, 0.29) is 11.8 Å². The normalized spacial score (nSPS) is 10.7. The maximum Gasteiger partial charge on any atom is 0.271 e. The zero-order valence-corrected chi connectivity index (χ0v) is 20.5. The van der Waals surface area contributed by atoms with Crippen molar-refractivity contribution in [3.8, 4) is 5.75 Å². The number of carbonyl (C=O) groups is 2. The van der Waals surface area contributed by atoms with Crippen molar-refractivity contribution in [3.63, 3.8) is 0 Å². The van der Waals surface area contributed by atoms with Gasteiger partial charge in [-0.25, -0.2) is 5.43 Å². The molecule has 2 amide bonds. The lowest BCUT2D eigenvalue weighted by molar-refractivity contribution is 0.0954. The Morgan fingerprint density at radius 2 is 1.50 bits per heavy atom. The lowest BCUT2D eigenvalue weighted by atomic mass is 10.1. The summed E-state index contributed by atoms with van der Waals surface area (Å²) in [6, 6.07) is 27.9. The SMILES string of the molecule is O=C(N/N=C\c1cccc(OCc2ccccc2Cl)c1)c1ccc(NC(=O)c2ccc(Cl)cc2)cc1. The number of anilines is 1. The average Bonchev–Trinajstić information content (AvgIpc) is 2.89. The van der Waals surface area contributed by atoms with Gasteiger partial charge in [-0.2, -0.15) is 5.10 Å². The van der Waals surface area contributed by atoms with E-state index in [1.807, 2.05) is 48.5 Å². The monoisotopic (exact) mass is 517 g/mol. The van der Waals surface area contributed by atoms with E-state index >= 15 is 0 Å². The second kappa shape index (κ2) is 12.0. The minimum Gasteiger partial charge on any atom is -0.489 e. The van der Waals surface area contributed by atoms with Crippen LogP contribution in [0.25, 0.3) is 0 Å². The molecule has 36 heavy (non-hydrogen) atoms. The number of carbonyl (C=O) groups excluding carboxylic acids is 2. The van der Waals surface area contributed by atoms with Crippen LogP contribution in [0.3, 0.4) is 0 Å². The van der Waals surface area contributed by atoms with Gasteiger partial charge >= 0.3 is 0 Å². The van der Waals surface area contributed by atoms with Crippen LogP contribution in [0.5, 0.6) is 5.75 Å². The Balaban J connectivity index is 1.29. The maximum absolute atomic E-state index is 12.4. The predicted molar refractivity (Wildman–Crippen MR) is 143 cm³/mol. The highest BCUT2D eigenvalue weighted by Gasteiger charge is 2.08. The molecule has 0 aliphatic carbocycles. The highest BCUT2D eigenvalue weighted by Crippen LogP contribution is 2.19. The fourth-order valence-electron chi connectivity index (χ4n) is 3.20. The van der Waals surface area contributed by atoms with Gasteiger partial charge in [0, 0.05) is 32.4 Å². The predicted octanol–water partition coefficient (Wildman–Crippen LogP) is 6.59. The van der Waals surface area contributed by atoms with E-state index in [0.717, 1.165) is 11.1 Å². The average molecular weight is 518 g/mol. The van der Waals surface area contributed by atoms with Crippen LogP contribution in [0, 0.1) is 0 Å². The van der Waals surface area contributed by atoms with Crippen molar-refractivity contribution in [3.05, 3.63) is 129 Å².